The quantitative estimate of drug-likeness (QED) is 0.440. The van der Waals surface area contributed by atoms with E-state index < -0.39 is 35.3 Å². The average Bonchev–Trinajstić information content (AvgIpc) is 3.15. The van der Waals surface area contributed by atoms with Crippen LogP contribution in [0.5, 0.6) is 0 Å². The fourth-order valence-corrected chi connectivity index (χ4v) is 5.51. The maximum absolute atomic E-state index is 14.2. The lowest BCUT2D eigenvalue weighted by Crippen LogP contribution is -2.55. The Labute approximate surface area is 215 Å². The Hall–Kier alpha value is -3.48. The van der Waals surface area contributed by atoms with Crippen LogP contribution in [0, 0.1) is 12.8 Å². The van der Waals surface area contributed by atoms with E-state index in [4.69, 9.17) is 16.3 Å². The molecule has 1 fully saturated rings. The topological polar surface area (TPSA) is 83.9 Å². The summed E-state index contributed by atoms with van der Waals surface area (Å²) in [5.41, 5.74) is 1.01. The van der Waals surface area contributed by atoms with Crippen molar-refractivity contribution in [3.8, 4) is 0 Å². The molecule has 0 radical (unpaired) electrons. The zero-order valence-corrected chi connectivity index (χ0v) is 21.1. The SMILES string of the molecule is COCC(=O)N1C(c2ccc(C)cc2)C(C(=O)c2ccccc2)C(c2ccc(Cl)cc2)C1(C)C(=O)O. The normalized spacial score (nSPS) is 23.4. The van der Waals surface area contributed by atoms with Gasteiger partial charge in [-0.05, 0) is 37.1 Å². The van der Waals surface area contributed by atoms with E-state index in [2.05, 4.69) is 0 Å². The molecule has 0 aliphatic carbocycles. The molecule has 1 aliphatic heterocycles. The Morgan fingerprint density at radius 2 is 1.53 bits per heavy atom. The molecule has 0 bridgehead atoms. The Bertz CT molecular complexity index is 1260. The smallest absolute Gasteiger partial charge is 0.330 e. The Morgan fingerprint density at radius 1 is 0.944 bits per heavy atom. The van der Waals surface area contributed by atoms with Gasteiger partial charge in [-0.3, -0.25) is 9.59 Å². The summed E-state index contributed by atoms with van der Waals surface area (Å²) < 4.78 is 5.14. The number of benzene rings is 3. The monoisotopic (exact) mass is 505 g/mol. The van der Waals surface area contributed by atoms with Crippen LogP contribution in [0.3, 0.4) is 0 Å². The summed E-state index contributed by atoms with van der Waals surface area (Å²) in [6, 6.07) is 22.2. The van der Waals surface area contributed by atoms with Gasteiger partial charge < -0.3 is 14.7 Å². The average molecular weight is 506 g/mol. The first-order chi connectivity index (χ1) is 17.2. The molecule has 1 heterocycles. The third-order valence-corrected chi connectivity index (χ3v) is 7.31. The highest BCUT2D eigenvalue weighted by Gasteiger charge is 2.64. The van der Waals surface area contributed by atoms with Gasteiger partial charge in [0.2, 0.25) is 5.91 Å². The van der Waals surface area contributed by atoms with Crippen molar-refractivity contribution in [2.45, 2.75) is 31.3 Å². The van der Waals surface area contributed by atoms with Crippen LogP contribution in [0.15, 0.2) is 78.9 Å². The molecule has 1 N–H and O–H groups in total. The molecule has 186 valence electrons. The molecule has 0 aromatic heterocycles. The number of halogens is 1. The van der Waals surface area contributed by atoms with Crippen LogP contribution in [0.25, 0.3) is 0 Å². The number of ketones is 1. The summed E-state index contributed by atoms with van der Waals surface area (Å²) >= 11 is 6.14. The van der Waals surface area contributed by atoms with Crippen molar-refractivity contribution in [2.24, 2.45) is 5.92 Å². The minimum absolute atomic E-state index is 0.235. The maximum atomic E-state index is 14.2. The summed E-state index contributed by atoms with van der Waals surface area (Å²) in [5, 5.41) is 11.1. The molecule has 4 rings (SSSR count). The number of aliphatic carboxylic acids is 1. The first kappa shape index (κ1) is 25.6. The second-order valence-corrected chi connectivity index (χ2v) is 9.73. The van der Waals surface area contributed by atoms with Crippen molar-refractivity contribution in [1.29, 1.82) is 0 Å². The predicted octanol–water partition coefficient (Wildman–Crippen LogP) is 5.30. The number of carboxylic acid groups (broad SMARTS) is 1. The Kier molecular flexibility index (Phi) is 7.29. The van der Waals surface area contributed by atoms with Crippen molar-refractivity contribution < 1.29 is 24.2 Å². The first-order valence-corrected chi connectivity index (χ1v) is 12.0. The van der Waals surface area contributed by atoms with Crippen LogP contribution >= 0.6 is 11.6 Å². The first-order valence-electron chi connectivity index (χ1n) is 11.7. The van der Waals surface area contributed by atoms with Crippen molar-refractivity contribution >= 4 is 29.3 Å². The van der Waals surface area contributed by atoms with Gasteiger partial charge in [0.05, 0.1) is 12.0 Å². The summed E-state index contributed by atoms with van der Waals surface area (Å²) in [4.78, 5) is 42.2. The number of rotatable bonds is 7. The largest absolute Gasteiger partial charge is 0.479 e. The molecular weight excluding hydrogens is 478 g/mol. The third kappa shape index (κ3) is 4.43. The van der Waals surface area contributed by atoms with Crippen molar-refractivity contribution in [3.05, 3.63) is 106 Å². The number of methoxy groups -OCH3 is 1. The number of carbonyl (C=O) groups excluding carboxylic acids is 2. The van der Waals surface area contributed by atoms with Crippen LogP contribution in [-0.2, 0) is 14.3 Å². The lowest BCUT2D eigenvalue weighted by atomic mass is 9.71. The van der Waals surface area contributed by atoms with Gasteiger partial charge in [-0.25, -0.2) is 4.79 Å². The predicted molar refractivity (Wildman–Crippen MR) is 137 cm³/mol. The number of carbonyl (C=O) groups is 3. The number of nitrogens with zero attached hydrogens (tertiary/aromatic N) is 1. The highest BCUT2D eigenvalue weighted by atomic mass is 35.5. The molecule has 7 heteroatoms. The fraction of sp³-hybridized carbons (Fsp3) is 0.276. The van der Waals surface area contributed by atoms with Crippen molar-refractivity contribution in [3.63, 3.8) is 0 Å². The van der Waals surface area contributed by atoms with Gasteiger partial charge in [-0.2, -0.15) is 0 Å². The number of ether oxygens (including phenoxy) is 1. The van der Waals surface area contributed by atoms with Crippen LogP contribution in [0.4, 0.5) is 0 Å². The summed E-state index contributed by atoms with van der Waals surface area (Å²) in [5.74, 6) is -3.67. The summed E-state index contributed by atoms with van der Waals surface area (Å²) in [6.07, 6.45) is 0. The van der Waals surface area contributed by atoms with Gasteiger partial charge in [-0.1, -0.05) is 83.9 Å². The summed E-state index contributed by atoms with van der Waals surface area (Å²) in [6.45, 7) is 3.14. The van der Waals surface area contributed by atoms with Crippen molar-refractivity contribution in [2.75, 3.05) is 13.7 Å². The van der Waals surface area contributed by atoms with E-state index in [0.717, 1.165) is 5.56 Å². The summed E-state index contributed by atoms with van der Waals surface area (Å²) in [7, 11) is 1.39. The second kappa shape index (κ2) is 10.2. The highest BCUT2D eigenvalue weighted by molar-refractivity contribution is 6.30. The fourth-order valence-electron chi connectivity index (χ4n) is 5.39. The number of hydrogen-bond acceptors (Lipinski definition) is 4. The second-order valence-electron chi connectivity index (χ2n) is 9.29. The van der Waals surface area contributed by atoms with E-state index in [1.165, 1.54) is 18.9 Å². The number of Topliss-reactive ketones (excluding diaryl/α,β-unsaturated/α-hetero) is 1. The standard InChI is InChI=1S/C29H28ClNO5/c1-18-9-11-20(12-10-18)26-24(27(33)21-7-5-4-6-8-21)25(19-13-15-22(30)16-14-19)29(2,28(34)35)31(26)23(32)17-36-3/h4-16,24-26H,17H2,1-3H3,(H,34,35). The van der Waals surface area contributed by atoms with Gasteiger partial charge in [-0.15, -0.1) is 0 Å². The number of carboxylic acids is 1. The zero-order chi connectivity index (χ0) is 26.0. The zero-order valence-electron chi connectivity index (χ0n) is 20.4. The minimum atomic E-state index is -1.74. The van der Waals surface area contributed by atoms with E-state index in [1.54, 1.807) is 48.5 Å². The molecule has 4 atom stereocenters. The van der Waals surface area contributed by atoms with Crippen molar-refractivity contribution in [1.82, 2.24) is 4.90 Å². The van der Waals surface area contributed by atoms with E-state index in [1.807, 2.05) is 37.3 Å². The molecule has 1 saturated heterocycles. The number of amides is 1. The van der Waals surface area contributed by atoms with Gasteiger partial charge in [0, 0.05) is 23.6 Å². The maximum Gasteiger partial charge on any atom is 0.330 e. The molecule has 0 saturated carbocycles. The molecule has 0 spiro atoms. The molecule has 3 aromatic carbocycles. The molecule has 4 unspecified atom stereocenters. The molecule has 1 aliphatic rings. The lowest BCUT2D eigenvalue weighted by Gasteiger charge is -2.37. The van der Waals surface area contributed by atoms with Crippen LogP contribution in [0.1, 0.15) is 45.9 Å². The Balaban J connectivity index is 2.03. The van der Waals surface area contributed by atoms with Gasteiger partial charge >= 0.3 is 5.97 Å². The lowest BCUT2D eigenvalue weighted by molar-refractivity contribution is -0.159. The molecular formula is C29H28ClNO5. The molecule has 1 amide bonds. The van der Waals surface area contributed by atoms with Crippen LogP contribution in [0.2, 0.25) is 5.02 Å². The van der Waals surface area contributed by atoms with E-state index in [9.17, 15) is 19.5 Å². The Morgan fingerprint density at radius 3 is 2.08 bits per heavy atom. The molecule has 3 aromatic rings. The third-order valence-electron chi connectivity index (χ3n) is 7.06. The molecule has 6 nitrogen and oxygen atoms in total. The highest BCUT2D eigenvalue weighted by Crippen LogP contribution is 2.56. The van der Waals surface area contributed by atoms with E-state index in [0.29, 0.717) is 21.7 Å². The molecule has 36 heavy (non-hydrogen) atoms. The number of likely N-dealkylation sites (tertiary alicyclic amines) is 1. The van der Waals surface area contributed by atoms with E-state index in [-0.39, 0.29) is 12.4 Å². The minimum Gasteiger partial charge on any atom is -0.479 e. The number of aryl methyl sites for hydroxylation is 1. The van der Waals surface area contributed by atoms with Gasteiger partial charge in [0.15, 0.2) is 5.78 Å². The van der Waals surface area contributed by atoms with Crippen LogP contribution in [-0.4, -0.2) is 46.9 Å². The van der Waals surface area contributed by atoms with Crippen LogP contribution < -0.4 is 0 Å². The van der Waals surface area contributed by atoms with E-state index >= 15 is 0 Å². The number of hydrogen-bond donors (Lipinski definition) is 1. The van der Waals surface area contributed by atoms with Gasteiger partial charge in [0.1, 0.15) is 12.1 Å². The van der Waals surface area contributed by atoms with Gasteiger partial charge in [0.25, 0.3) is 0 Å².